The summed E-state index contributed by atoms with van der Waals surface area (Å²) in [7, 11) is 1.46. The molecule has 9 nitrogen and oxygen atoms in total. The summed E-state index contributed by atoms with van der Waals surface area (Å²) in [5.41, 5.74) is 0.385. The Morgan fingerprint density at radius 2 is 1.94 bits per heavy atom. The number of nitrogens with zero attached hydrogens (tertiary/aromatic N) is 4. The molecule has 190 valence electrons. The maximum atomic E-state index is 14.5. The van der Waals surface area contributed by atoms with E-state index in [0.717, 1.165) is 0 Å². The normalized spacial score (nSPS) is 25.2. The third-order valence-corrected chi connectivity index (χ3v) is 6.68. The van der Waals surface area contributed by atoms with E-state index in [0.29, 0.717) is 11.5 Å². The Hall–Kier alpha value is -2.25. The molecule has 1 aromatic carbocycles. The third kappa shape index (κ3) is 5.03. The van der Waals surface area contributed by atoms with Crippen LogP contribution in [0.4, 0.5) is 8.78 Å². The van der Waals surface area contributed by atoms with Gasteiger partial charge in [0.2, 0.25) is 0 Å². The van der Waals surface area contributed by atoms with Gasteiger partial charge < -0.3 is 24.2 Å². The van der Waals surface area contributed by atoms with Crippen LogP contribution in [0.5, 0.6) is 0 Å². The first kappa shape index (κ1) is 25.8. The Morgan fingerprint density at radius 1 is 1.20 bits per heavy atom. The Morgan fingerprint density at radius 3 is 2.57 bits per heavy atom. The second-order valence-corrected chi connectivity index (χ2v) is 10.4. The Kier molecular flexibility index (Phi) is 7.39. The smallest absolute Gasteiger partial charge is 0.173 e. The monoisotopic (exact) mass is 556 g/mol. The van der Waals surface area contributed by atoms with Crippen LogP contribution in [0.25, 0.3) is 11.3 Å². The highest BCUT2D eigenvalue weighted by molar-refractivity contribution is 9.10. The van der Waals surface area contributed by atoms with Gasteiger partial charge in [-0.15, -0.1) is 5.10 Å². The van der Waals surface area contributed by atoms with Crippen molar-refractivity contribution in [2.24, 2.45) is 0 Å². The summed E-state index contributed by atoms with van der Waals surface area (Å²) in [6.07, 6.45) is -1.84. The maximum Gasteiger partial charge on any atom is 0.173 e. The van der Waals surface area contributed by atoms with Gasteiger partial charge in [-0.1, -0.05) is 31.1 Å². The molecular formula is C23H27BrF2N4O5. The lowest BCUT2D eigenvalue weighted by Crippen LogP contribution is -2.57. The molecule has 0 unspecified atom stereocenters. The zero-order valence-corrected chi connectivity index (χ0v) is 21.2. The maximum absolute atomic E-state index is 14.5. The van der Waals surface area contributed by atoms with Crippen molar-refractivity contribution in [3.63, 3.8) is 0 Å². The predicted octanol–water partition coefficient (Wildman–Crippen LogP) is 3.19. The van der Waals surface area contributed by atoms with Gasteiger partial charge in [-0.2, -0.15) is 0 Å². The molecule has 1 saturated heterocycles. The molecule has 1 fully saturated rings. The van der Waals surface area contributed by atoms with Crippen LogP contribution < -0.4 is 0 Å². The van der Waals surface area contributed by atoms with E-state index in [4.69, 9.17) is 14.0 Å². The highest BCUT2D eigenvalue weighted by atomic mass is 79.9. The van der Waals surface area contributed by atoms with Crippen molar-refractivity contribution in [1.82, 2.24) is 20.2 Å². The zero-order valence-electron chi connectivity index (χ0n) is 19.7. The number of aromatic nitrogens is 4. The number of aliphatic hydroxyl groups is 2. The summed E-state index contributed by atoms with van der Waals surface area (Å²) in [6, 6.07) is 3.74. The summed E-state index contributed by atoms with van der Waals surface area (Å²) in [6.45, 7) is 5.56. The van der Waals surface area contributed by atoms with Crippen LogP contribution in [-0.4, -0.2) is 68.5 Å². The van der Waals surface area contributed by atoms with Crippen LogP contribution in [0.1, 0.15) is 38.3 Å². The predicted molar refractivity (Wildman–Crippen MR) is 124 cm³/mol. The summed E-state index contributed by atoms with van der Waals surface area (Å²) in [5.74, 6) is -1.41. The van der Waals surface area contributed by atoms with Gasteiger partial charge in [0.15, 0.2) is 11.6 Å². The molecule has 0 spiro atoms. The van der Waals surface area contributed by atoms with Gasteiger partial charge in [-0.05, 0) is 28.1 Å². The fourth-order valence-electron chi connectivity index (χ4n) is 4.17. The summed E-state index contributed by atoms with van der Waals surface area (Å²) < 4.78 is 47.0. The van der Waals surface area contributed by atoms with E-state index in [1.807, 2.05) is 26.8 Å². The molecule has 4 rings (SSSR count). The topological polar surface area (TPSA) is 116 Å². The minimum atomic E-state index is -1.22. The minimum absolute atomic E-state index is 0.0125. The SMILES string of the molecule is CO[C@@H]1[C@@H](n2cc(-c3ccc(Br)c(F)c3F)nn2)[C@@H](O)[C@@H](CO)O[C@@H]1Cc1cc(C(C)(C)C)on1. The molecule has 0 saturated carbocycles. The number of aliphatic hydroxyl groups excluding tert-OH is 2. The minimum Gasteiger partial charge on any atom is -0.394 e. The molecular weight excluding hydrogens is 530 g/mol. The quantitative estimate of drug-likeness (QED) is 0.445. The van der Waals surface area contributed by atoms with Crippen LogP contribution in [0.2, 0.25) is 0 Å². The highest BCUT2D eigenvalue weighted by Gasteiger charge is 2.47. The second kappa shape index (κ2) is 10.0. The van der Waals surface area contributed by atoms with Gasteiger partial charge in [0, 0.05) is 30.6 Å². The van der Waals surface area contributed by atoms with Crippen molar-refractivity contribution < 1.29 is 33.0 Å². The Balaban J connectivity index is 1.66. The van der Waals surface area contributed by atoms with Crippen molar-refractivity contribution >= 4 is 15.9 Å². The molecule has 12 heteroatoms. The Bertz CT molecular complexity index is 1180. The van der Waals surface area contributed by atoms with E-state index in [1.54, 1.807) is 0 Å². The molecule has 2 aromatic heterocycles. The lowest BCUT2D eigenvalue weighted by atomic mass is 9.89. The average molecular weight is 557 g/mol. The van der Waals surface area contributed by atoms with Gasteiger partial charge in [-0.25, -0.2) is 13.5 Å². The molecule has 5 atom stereocenters. The first-order chi connectivity index (χ1) is 16.5. The van der Waals surface area contributed by atoms with Crippen molar-refractivity contribution in [3.05, 3.63) is 52.0 Å². The molecule has 3 heterocycles. The van der Waals surface area contributed by atoms with Gasteiger partial charge in [0.1, 0.15) is 35.8 Å². The molecule has 35 heavy (non-hydrogen) atoms. The highest BCUT2D eigenvalue weighted by Crippen LogP contribution is 2.35. The summed E-state index contributed by atoms with van der Waals surface area (Å²) in [4.78, 5) is 0. The molecule has 0 amide bonds. The summed E-state index contributed by atoms with van der Waals surface area (Å²) >= 11 is 2.95. The standard InChI is InChI=1S/C23H27BrF2N4O5/c1-23(2,3)17-8-11(28-35-17)7-15-22(33-4)20(21(32)16(10-31)34-15)30-9-14(27-29-30)12-5-6-13(24)19(26)18(12)25/h5-6,8-9,15-16,20-22,31-32H,7,10H2,1-4H3/t15-,16-,20+,21+,22+/m1/s1. The number of benzene rings is 1. The lowest BCUT2D eigenvalue weighted by molar-refractivity contribution is -0.212. The molecule has 1 aliphatic rings. The number of methoxy groups -OCH3 is 1. The number of ether oxygens (including phenoxy) is 2. The first-order valence-corrected chi connectivity index (χ1v) is 11.8. The molecule has 0 radical (unpaired) electrons. The zero-order chi connectivity index (χ0) is 25.5. The average Bonchev–Trinajstić information content (AvgIpc) is 3.48. The van der Waals surface area contributed by atoms with Crippen molar-refractivity contribution in [2.75, 3.05) is 13.7 Å². The third-order valence-electron chi connectivity index (χ3n) is 6.07. The molecule has 3 aromatic rings. The van der Waals surface area contributed by atoms with Gasteiger partial charge in [-0.3, -0.25) is 0 Å². The van der Waals surface area contributed by atoms with Crippen molar-refractivity contribution in [1.29, 1.82) is 0 Å². The molecule has 0 aliphatic carbocycles. The lowest BCUT2D eigenvalue weighted by Gasteiger charge is -2.43. The van der Waals surface area contributed by atoms with E-state index in [9.17, 15) is 19.0 Å². The van der Waals surface area contributed by atoms with E-state index in [-0.39, 0.29) is 27.6 Å². The Labute approximate surface area is 209 Å². The van der Waals surface area contributed by atoms with E-state index >= 15 is 0 Å². The number of halogens is 3. The second-order valence-electron chi connectivity index (χ2n) is 9.52. The van der Waals surface area contributed by atoms with E-state index in [1.165, 1.54) is 30.1 Å². The van der Waals surface area contributed by atoms with Crippen molar-refractivity contribution in [3.8, 4) is 11.3 Å². The van der Waals surface area contributed by atoms with Crippen LogP contribution in [0.15, 0.2) is 33.4 Å². The van der Waals surface area contributed by atoms with Crippen molar-refractivity contribution in [2.45, 2.75) is 63.1 Å². The van der Waals surface area contributed by atoms with Crippen LogP contribution in [0.3, 0.4) is 0 Å². The molecule has 2 N–H and O–H groups in total. The van der Waals surface area contributed by atoms with E-state index < -0.39 is 48.7 Å². The first-order valence-electron chi connectivity index (χ1n) is 11.0. The summed E-state index contributed by atoms with van der Waals surface area (Å²) in [5, 5.41) is 33.0. The van der Waals surface area contributed by atoms with Crippen LogP contribution >= 0.6 is 15.9 Å². The van der Waals surface area contributed by atoms with Gasteiger partial charge in [0.05, 0.1) is 29.1 Å². The molecule has 1 aliphatic heterocycles. The number of hydrogen-bond acceptors (Lipinski definition) is 8. The fourth-order valence-corrected chi connectivity index (χ4v) is 4.47. The van der Waals surface area contributed by atoms with Crippen LogP contribution in [0, 0.1) is 11.6 Å². The fraction of sp³-hybridized carbons (Fsp3) is 0.522. The van der Waals surface area contributed by atoms with Crippen LogP contribution in [-0.2, 0) is 21.3 Å². The largest absolute Gasteiger partial charge is 0.394 e. The van der Waals surface area contributed by atoms with Gasteiger partial charge >= 0.3 is 0 Å². The van der Waals surface area contributed by atoms with Gasteiger partial charge in [0.25, 0.3) is 0 Å². The number of hydrogen-bond donors (Lipinski definition) is 2. The molecule has 0 bridgehead atoms. The van der Waals surface area contributed by atoms with E-state index in [2.05, 4.69) is 31.4 Å². The number of rotatable bonds is 6.